The highest BCUT2D eigenvalue weighted by Crippen LogP contribution is 2.15. The molecular formula is C9H19N3O4S2. The topological polar surface area (TPSA) is 133 Å². The number of hydrogen-bond donors (Lipinski definition) is 4. The van der Waals surface area contributed by atoms with Crippen molar-refractivity contribution in [3.8, 4) is 0 Å². The molecule has 0 heterocycles. The van der Waals surface area contributed by atoms with Gasteiger partial charge in [-0.1, -0.05) is 11.8 Å². The van der Waals surface area contributed by atoms with E-state index in [1.807, 2.05) is 0 Å². The molecule has 0 aliphatic carbocycles. The Morgan fingerprint density at radius 2 is 2.11 bits per heavy atom. The van der Waals surface area contributed by atoms with Crippen LogP contribution in [0, 0.1) is 5.41 Å². The van der Waals surface area contributed by atoms with Gasteiger partial charge in [0.25, 0.3) is 0 Å². The van der Waals surface area contributed by atoms with Gasteiger partial charge in [-0.05, 0) is 19.8 Å². The van der Waals surface area contributed by atoms with Gasteiger partial charge in [-0.3, -0.25) is 10.2 Å². The first-order valence-electron chi connectivity index (χ1n) is 5.31. The van der Waals surface area contributed by atoms with E-state index in [1.165, 1.54) is 6.92 Å². The minimum atomic E-state index is -3.17. The molecule has 106 valence electrons. The summed E-state index contributed by atoms with van der Waals surface area (Å²) in [5.74, 6) is -1.05. The number of rotatable bonds is 7. The monoisotopic (exact) mass is 297 g/mol. The highest BCUT2D eigenvalue weighted by Gasteiger charge is 2.17. The van der Waals surface area contributed by atoms with E-state index < -0.39 is 26.4 Å². The van der Waals surface area contributed by atoms with Crippen molar-refractivity contribution in [3.63, 3.8) is 0 Å². The van der Waals surface area contributed by atoms with Crippen LogP contribution in [0.25, 0.3) is 0 Å². The number of nitrogens with two attached hydrogens (primary N) is 1. The number of carboxylic acid groups (broad SMARTS) is 1. The van der Waals surface area contributed by atoms with Crippen molar-refractivity contribution in [2.24, 2.45) is 5.73 Å². The number of aliphatic carboxylic acids is 1. The lowest BCUT2D eigenvalue weighted by Crippen LogP contribution is -2.31. The van der Waals surface area contributed by atoms with Gasteiger partial charge >= 0.3 is 5.97 Å². The molecule has 9 heteroatoms. The van der Waals surface area contributed by atoms with E-state index in [0.29, 0.717) is 19.4 Å². The van der Waals surface area contributed by atoms with Crippen molar-refractivity contribution >= 4 is 32.7 Å². The lowest BCUT2D eigenvalue weighted by molar-refractivity contribution is -0.138. The second-order valence-electron chi connectivity index (χ2n) is 3.86. The minimum Gasteiger partial charge on any atom is -0.480 e. The van der Waals surface area contributed by atoms with Crippen molar-refractivity contribution in [2.45, 2.75) is 30.4 Å². The molecule has 0 radical (unpaired) electrons. The lowest BCUT2D eigenvalue weighted by Gasteiger charge is -2.12. The van der Waals surface area contributed by atoms with E-state index in [4.69, 9.17) is 16.2 Å². The van der Waals surface area contributed by atoms with Crippen LogP contribution in [0.2, 0.25) is 0 Å². The molecule has 0 rings (SSSR count). The molecule has 0 bridgehead atoms. The summed E-state index contributed by atoms with van der Waals surface area (Å²) in [5, 5.41) is 18.8. The molecule has 0 aliphatic heterocycles. The summed E-state index contributed by atoms with van der Waals surface area (Å²) in [7, 11) is -3.17. The summed E-state index contributed by atoms with van der Waals surface area (Å²) in [5.41, 5.74) is 5.31. The van der Waals surface area contributed by atoms with Crippen LogP contribution in [-0.2, 0) is 14.6 Å². The van der Waals surface area contributed by atoms with Crippen LogP contribution < -0.4 is 11.1 Å². The minimum absolute atomic E-state index is 0.0526. The molecule has 5 N–H and O–H groups in total. The Kier molecular flexibility index (Phi) is 7.26. The van der Waals surface area contributed by atoms with Gasteiger partial charge in [-0.25, -0.2) is 8.42 Å². The van der Waals surface area contributed by atoms with E-state index in [1.54, 1.807) is 0 Å². The Morgan fingerprint density at radius 1 is 1.56 bits per heavy atom. The van der Waals surface area contributed by atoms with Crippen LogP contribution in [0.4, 0.5) is 0 Å². The van der Waals surface area contributed by atoms with E-state index >= 15 is 0 Å². The molecule has 1 unspecified atom stereocenters. The molecule has 0 amide bonds. The molecule has 0 spiro atoms. The molecule has 18 heavy (non-hydrogen) atoms. The first-order valence-corrected chi connectivity index (χ1v) is 8.14. The fraction of sp³-hybridized carbons (Fsp3) is 0.778. The van der Waals surface area contributed by atoms with Crippen LogP contribution in [0.5, 0.6) is 0 Å². The number of nitrogens with one attached hydrogen (secondary N) is 2. The summed E-state index contributed by atoms with van der Waals surface area (Å²) in [6.07, 6.45) is 1.93. The van der Waals surface area contributed by atoms with Crippen molar-refractivity contribution in [1.82, 2.24) is 5.32 Å². The summed E-state index contributed by atoms with van der Waals surface area (Å²) in [4.78, 5) is 10.4. The Hall–Kier alpha value is -0.800. The van der Waals surface area contributed by atoms with Crippen LogP contribution in [0.1, 0.15) is 19.8 Å². The zero-order chi connectivity index (χ0) is 14.3. The van der Waals surface area contributed by atoms with Gasteiger partial charge < -0.3 is 16.2 Å². The fourth-order valence-electron chi connectivity index (χ4n) is 0.942. The lowest BCUT2D eigenvalue weighted by atomic mass is 10.2. The standard InChI is InChI=1S/C9H19N3O4S2/c1-6(18(2,15)16)17-9(11)12-5-3-4-7(10)8(13)14/h6-7H,3-5,10H2,1-2H3,(H2,11,12)(H,13,14)/t6?,7-/m1/s1. The maximum Gasteiger partial charge on any atom is 0.320 e. The number of carbonyl (C=O) groups is 1. The molecular weight excluding hydrogens is 278 g/mol. The predicted octanol–water partition coefficient (Wildman–Crippen LogP) is -0.173. The van der Waals surface area contributed by atoms with Crippen LogP contribution >= 0.6 is 11.8 Å². The van der Waals surface area contributed by atoms with Crippen molar-refractivity contribution < 1.29 is 18.3 Å². The second-order valence-corrected chi connectivity index (χ2v) is 7.87. The van der Waals surface area contributed by atoms with Gasteiger partial charge in [0.15, 0.2) is 15.0 Å². The smallest absolute Gasteiger partial charge is 0.320 e. The molecule has 0 saturated heterocycles. The third kappa shape index (κ3) is 7.51. The molecule has 2 atom stereocenters. The van der Waals surface area contributed by atoms with Crippen LogP contribution in [-0.4, -0.2) is 48.1 Å². The molecule has 0 aliphatic rings. The van der Waals surface area contributed by atoms with E-state index in [-0.39, 0.29) is 5.17 Å². The highest BCUT2D eigenvalue weighted by molar-refractivity contribution is 8.22. The molecule has 7 nitrogen and oxygen atoms in total. The molecule has 0 aromatic heterocycles. The van der Waals surface area contributed by atoms with Gasteiger partial charge in [0.2, 0.25) is 0 Å². The third-order valence-corrected chi connectivity index (χ3v) is 5.44. The SMILES string of the molecule is CC(SC(=N)NCCC[C@@H](N)C(=O)O)S(C)(=O)=O. The van der Waals surface area contributed by atoms with E-state index in [2.05, 4.69) is 5.32 Å². The maximum atomic E-state index is 11.1. The first-order chi connectivity index (χ1) is 8.14. The first kappa shape index (κ1) is 17.2. The van der Waals surface area contributed by atoms with Crippen molar-refractivity contribution in [1.29, 1.82) is 5.41 Å². The molecule has 0 aromatic carbocycles. The zero-order valence-electron chi connectivity index (χ0n) is 10.3. The number of sulfone groups is 1. The fourth-order valence-corrected chi connectivity index (χ4v) is 2.45. The average Bonchev–Trinajstić information content (AvgIpc) is 2.22. The number of thioether (sulfide) groups is 1. The van der Waals surface area contributed by atoms with Gasteiger partial charge in [0.05, 0.1) is 0 Å². The summed E-state index contributed by atoms with van der Waals surface area (Å²) in [6.45, 7) is 1.90. The molecule has 0 fully saturated rings. The number of hydrogen-bond acceptors (Lipinski definition) is 6. The summed E-state index contributed by atoms with van der Waals surface area (Å²) >= 11 is 0.908. The van der Waals surface area contributed by atoms with E-state index in [9.17, 15) is 13.2 Å². The van der Waals surface area contributed by atoms with Gasteiger partial charge in [-0.15, -0.1) is 0 Å². The van der Waals surface area contributed by atoms with Gasteiger partial charge in [0, 0.05) is 12.8 Å². The quantitative estimate of drug-likeness (QED) is 0.291. The normalized spacial score (nSPS) is 14.8. The van der Waals surface area contributed by atoms with E-state index in [0.717, 1.165) is 18.0 Å². The van der Waals surface area contributed by atoms with Crippen LogP contribution in [0.15, 0.2) is 0 Å². The predicted molar refractivity (Wildman–Crippen MR) is 72.5 cm³/mol. The average molecular weight is 297 g/mol. The van der Waals surface area contributed by atoms with Crippen LogP contribution in [0.3, 0.4) is 0 Å². The summed E-state index contributed by atoms with van der Waals surface area (Å²) in [6, 6.07) is -0.899. The van der Waals surface area contributed by atoms with Crippen molar-refractivity contribution in [2.75, 3.05) is 12.8 Å². The Morgan fingerprint density at radius 3 is 2.56 bits per heavy atom. The second kappa shape index (κ2) is 7.59. The molecule has 0 saturated carbocycles. The van der Waals surface area contributed by atoms with Gasteiger partial charge in [0.1, 0.15) is 10.6 Å². The van der Waals surface area contributed by atoms with Gasteiger partial charge in [-0.2, -0.15) is 0 Å². The highest BCUT2D eigenvalue weighted by atomic mass is 32.3. The van der Waals surface area contributed by atoms with Crippen molar-refractivity contribution in [3.05, 3.63) is 0 Å². The summed E-state index contributed by atoms with van der Waals surface area (Å²) < 4.78 is 21.6. The maximum absolute atomic E-state index is 11.1. The number of amidine groups is 1. The zero-order valence-corrected chi connectivity index (χ0v) is 12.0. The Balaban J connectivity index is 3.83. The Bertz CT molecular complexity index is 397. The molecule has 0 aromatic rings. The third-order valence-electron chi connectivity index (χ3n) is 2.18. The largest absolute Gasteiger partial charge is 0.480 e. The Labute approximate surface area is 111 Å². The number of carboxylic acids is 1.